The lowest BCUT2D eigenvalue weighted by atomic mass is 9.90. The van der Waals surface area contributed by atoms with Crippen molar-refractivity contribution >= 4 is 17.5 Å². The van der Waals surface area contributed by atoms with E-state index in [0.717, 1.165) is 5.57 Å². The van der Waals surface area contributed by atoms with Crippen LogP contribution >= 0.6 is 0 Å². The summed E-state index contributed by atoms with van der Waals surface area (Å²) in [5.74, 6) is -0.436. The van der Waals surface area contributed by atoms with Crippen molar-refractivity contribution in [3.05, 3.63) is 59.2 Å². The Labute approximate surface area is 123 Å². The molecule has 4 nitrogen and oxygen atoms in total. The third kappa shape index (κ3) is 3.54. The van der Waals surface area contributed by atoms with Gasteiger partial charge in [0, 0.05) is 0 Å². The van der Waals surface area contributed by atoms with Crippen molar-refractivity contribution in [2.24, 2.45) is 11.1 Å². The van der Waals surface area contributed by atoms with Crippen molar-refractivity contribution in [3.8, 4) is 0 Å². The van der Waals surface area contributed by atoms with Crippen LogP contribution in [-0.2, 0) is 9.63 Å². The number of hydrogen-bond donors (Lipinski definition) is 0. The molecule has 0 amide bonds. The Bertz CT molecular complexity index is 652. The number of oxime groups is 1. The van der Waals surface area contributed by atoms with Gasteiger partial charge in [-0.05, 0) is 48.3 Å². The molecule has 4 heteroatoms. The average Bonchev–Trinajstić information content (AvgIpc) is 2.48. The Hall–Kier alpha value is -2.49. The molecule has 1 aromatic carbocycles. The second kappa shape index (κ2) is 6.31. The number of rotatable bonds is 3. The van der Waals surface area contributed by atoms with Crippen molar-refractivity contribution in [1.29, 1.82) is 0 Å². The number of nitrogens with zero attached hydrogens (tertiary/aromatic N) is 1. The van der Waals surface area contributed by atoms with Crippen LogP contribution in [0.5, 0.6) is 0 Å². The van der Waals surface area contributed by atoms with Crippen molar-refractivity contribution < 1.29 is 14.4 Å². The van der Waals surface area contributed by atoms with E-state index >= 15 is 0 Å². The van der Waals surface area contributed by atoms with Gasteiger partial charge in [-0.3, -0.25) is 4.79 Å². The largest absolute Gasteiger partial charge is 0.365 e. The first-order valence-electron chi connectivity index (χ1n) is 6.78. The third-order valence-corrected chi connectivity index (χ3v) is 3.18. The molecule has 0 heterocycles. The van der Waals surface area contributed by atoms with Gasteiger partial charge in [0.2, 0.25) is 0 Å². The molecule has 0 atom stereocenters. The summed E-state index contributed by atoms with van der Waals surface area (Å²) in [4.78, 5) is 28.6. The van der Waals surface area contributed by atoms with Gasteiger partial charge in [-0.2, -0.15) is 0 Å². The molecule has 108 valence electrons. The molecule has 0 radical (unpaired) electrons. The van der Waals surface area contributed by atoms with Crippen LogP contribution in [0.4, 0.5) is 0 Å². The van der Waals surface area contributed by atoms with E-state index in [2.05, 4.69) is 5.16 Å². The molecule has 0 aliphatic heterocycles. The fourth-order valence-corrected chi connectivity index (χ4v) is 1.95. The average molecular weight is 283 g/mol. The zero-order chi connectivity index (χ0) is 15.4. The lowest BCUT2D eigenvalue weighted by Crippen LogP contribution is -2.16. The summed E-state index contributed by atoms with van der Waals surface area (Å²) in [7, 11) is 0. The van der Waals surface area contributed by atoms with Crippen LogP contribution in [0.15, 0.2) is 58.8 Å². The fourth-order valence-electron chi connectivity index (χ4n) is 1.95. The minimum atomic E-state index is -0.519. The molecule has 0 fully saturated rings. The molecule has 1 aliphatic carbocycles. The van der Waals surface area contributed by atoms with E-state index in [4.69, 9.17) is 4.84 Å². The molecule has 0 aromatic heterocycles. The normalized spacial score (nSPS) is 16.8. The van der Waals surface area contributed by atoms with E-state index in [1.165, 1.54) is 0 Å². The Balaban J connectivity index is 2.21. The molecule has 21 heavy (non-hydrogen) atoms. The summed E-state index contributed by atoms with van der Waals surface area (Å²) in [6.07, 6.45) is 3.20. The Morgan fingerprint density at radius 3 is 2.43 bits per heavy atom. The monoisotopic (exact) mass is 283 g/mol. The minimum Gasteiger partial charge on any atom is -0.312 e. The summed E-state index contributed by atoms with van der Waals surface area (Å²) in [6, 6.07) is 8.65. The zero-order valence-corrected chi connectivity index (χ0v) is 12.3. The molecule has 1 aliphatic rings. The molecule has 0 N–H and O–H groups in total. The Kier molecular flexibility index (Phi) is 4.48. The smallest absolute Gasteiger partial charge is 0.312 e. The van der Waals surface area contributed by atoms with Gasteiger partial charge in [0.15, 0.2) is 5.78 Å². The molecule has 1 aromatic rings. The molecule has 2 rings (SSSR count). The highest BCUT2D eigenvalue weighted by atomic mass is 16.7. The lowest BCUT2D eigenvalue weighted by molar-refractivity contribution is -0.111. The van der Waals surface area contributed by atoms with E-state index in [1.807, 2.05) is 19.9 Å². The Morgan fingerprint density at radius 1 is 1.14 bits per heavy atom. The van der Waals surface area contributed by atoms with E-state index in [9.17, 15) is 9.59 Å². The minimum absolute atomic E-state index is 0.0352. The topological polar surface area (TPSA) is 55.7 Å². The SMILES string of the molecule is CC1=CC(=NOC(=O)c2ccccc2)C(C(C)C)=CC1=O. The summed E-state index contributed by atoms with van der Waals surface area (Å²) in [6.45, 7) is 5.63. The van der Waals surface area contributed by atoms with Gasteiger partial charge in [0.05, 0.1) is 5.56 Å². The first kappa shape index (κ1) is 14.9. The molecule has 0 saturated carbocycles. The molecular formula is C17H17NO3. The molecule has 0 saturated heterocycles. The van der Waals surface area contributed by atoms with Crippen LogP contribution in [0.2, 0.25) is 0 Å². The van der Waals surface area contributed by atoms with E-state index in [0.29, 0.717) is 16.8 Å². The van der Waals surface area contributed by atoms with Crippen molar-refractivity contribution in [2.45, 2.75) is 20.8 Å². The number of ketones is 1. The van der Waals surface area contributed by atoms with Gasteiger partial charge in [0.25, 0.3) is 0 Å². The van der Waals surface area contributed by atoms with Gasteiger partial charge in [-0.15, -0.1) is 0 Å². The van der Waals surface area contributed by atoms with Crippen molar-refractivity contribution in [1.82, 2.24) is 0 Å². The maximum atomic E-state index is 11.9. The number of hydrogen-bond acceptors (Lipinski definition) is 4. The first-order chi connectivity index (χ1) is 9.99. The van der Waals surface area contributed by atoms with Crippen LogP contribution in [0.1, 0.15) is 31.1 Å². The summed E-state index contributed by atoms with van der Waals surface area (Å²) in [5, 5.41) is 3.92. The van der Waals surface area contributed by atoms with E-state index < -0.39 is 5.97 Å². The maximum Gasteiger partial charge on any atom is 0.365 e. The molecule has 0 spiro atoms. The molecular weight excluding hydrogens is 266 g/mol. The number of allylic oxidation sites excluding steroid dienone is 4. The molecule has 0 bridgehead atoms. The van der Waals surface area contributed by atoms with Crippen LogP contribution in [-0.4, -0.2) is 17.5 Å². The van der Waals surface area contributed by atoms with Crippen molar-refractivity contribution in [3.63, 3.8) is 0 Å². The van der Waals surface area contributed by atoms with E-state index in [1.54, 1.807) is 43.3 Å². The first-order valence-corrected chi connectivity index (χ1v) is 6.78. The number of carbonyl (C=O) groups excluding carboxylic acids is 2. The van der Waals surface area contributed by atoms with Crippen molar-refractivity contribution in [2.75, 3.05) is 0 Å². The molecule has 0 unspecified atom stereocenters. The Morgan fingerprint density at radius 2 is 1.81 bits per heavy atom. The third-order valence-electron chi connectivity index (χ3n) is 3.18. The van der Waals surface area contributed by atoms with Crippen LogP contribution in [0.25, 0.3) is 0 Å². The van der Waals surface area contributed by atoms with Crippen LogP contribution in [0, 0.1) is 5.92 Å². The van der Waals surface area contributed by atoms with Gasteiger partial charge in [-0.1, -0.05) is 37.2 Å². The van der Waals surface area contributed by atoms with E-state index in [-0.39, 0.29) is 11.7 Å². The zero-order valence-electron chi connectivity index (χ0n) is 12.3. The highest BCUT2D eigenvalue weighted by Crippen LogP contribution is 2.20. The predicted molar refractivity (Wildman–Crippen MR) is 81.0 cm³/mol. The van der Waals surface area contributed by atoms with Crippen LogP contribution < -0.4 is 0 Å². The number of benzene rings is 1. The van der Waals surface area contributed by atoms with Gasteiger partial charge >= 0.3 is 5.97 Å². The summed E-state index contributed by atoms with van der Waals surface area (Å²) < 4.78 is 0. The van der Waals surface area contributed by atoms with Gasteiger partial charge < -0.3 is 4.84 Å². The fraction of sp³-hybridized carbons (Fsp3) is 0.235. The highest BCUT2D eigenvalue weighted by molar-refractivity contribution is 6.21. The second-order valence-electron chi connectivity index (χ2n) is 5.17. The lowest BCUT2D eigenvalue weighted by Gasteiger charge is -2.15. The van der Waals surface area contributed by atoms with Crippen LogP contribution in [0.3, 0.4) is 0 Å². The predicted octanol–water partition coefficient (Wildman–Crippen LogP) is 3.31. The summed E-state index contributed by atoms with van der Waals surface area (Å²) in [5.41, 5.74) is 2.30. The quantitative estimate of drug-likeness (QED) is 0.486. The second-order valence-corrected chi connectivity index (χ2v) is 5.17. The van der Waals surface area contributed by atoms with Gasteiger partial charge in [-0.25, -0.2) is 4.79 Å². The standard InChI is InChI=1S/C17H17NO3/c1-11(2)14-10-16(19)12(3)9-15(14)18-21-17(20)13-7-5-4-6-8-13/h4-11H,1-3H3. The van der Waals surface area contributed by atoms with Gasteiger partial charge in [0.1, 0.15) is 5.71 Å². The maximum absolute atomic E-state index is 11.9. The number of carbonyl (C=O) groups is 2. The highest BCUT2D eigenvalue weighted by Gasteiger charge is 2.19. The summed E-state index contributed by atoms with van der Waals surface area (Å²) >= 11 is 0.